The molecule has 1 aromatic carbocycles. The highest BCUT2D eigenvalue weighted by Crippen LogP contribution is 2.31. The Kier molecular flexibility index (Phi) is 13.2. The van der Waals surface area contributed by atoms with Crippen LogP contribution < -0.4 is 0 Å². The number of hydrogen-bond acceptors (Lipinski definition) is 13. The molecule has 13 nitrogen and oxygen atoms in total. The molecule has 0 radical (unpaired) electrons. The number of carbonyl (C=O) groups excluding carboxylic acids is 2. The van der Waals surface area contributed by atoms with Crippen LogP contribution in [-0.4, -0.2) is 117 Å². The molecule has 1 aromatic rings. The molecule has 0 amide bonds. The maximum absolute atomic E-state index is 12.8. The monoisotopic (exact) mass is 622 g/mol. The zero-order valence-electron chi connectivity index (χ0n) is 24.9. The average Bonchev–Trinajstić information content (AvgIpc) is 2.99. The molecule has 2 fully saturated rings. The van der Waals surface area contributed by atoms with Crippen molar-refractivity contribution in [1.82, 2.24) is 0 Å². The smallest absolute Gasteiger partial charge is 0.331 e. The van der Waals surface area contributed by atoms with Gasteiger partial charge < -0.3 is 54.3 Å². The van der Waals surface area contributed by atoms with E-state index in [9.17, 15) is 40.2 Å². The number of phenols is 1. The zero-order chi connectivity index (χ0) is 32.6. The molecule has 0 unspecified atom stereocenters. The second-order valence-electron chi connectivity index (χ2n) is 10.9. The maximum atomic E-state index is 12.8. The van der Waals surface area contributed by atoms with E-state index < -0.39 is 74.0 Å². The number of aliphatic hydroxyl groups is 5. The van der Waals surface area contributed by atoms with E-state index in [2.05, 4.69) is 6.58 Å². The molecule has 44 heavy (non-hydrogen) atoms. The molecule has 0 aromatic heterocycles. The number of esters is 1. The van der Waals surface area contributed by atoms with Crippen LogP contribution >= 0.6 is 0 Å². The number of aromatic hydroxyl groups is 1. The lowest BCUT2D eigenvalue weighted by Gasteiger charge is -2.46. The van der Waals surface area contributed by atoms with Gasteiger partial charge in [0.15, 0.2) is 24.5 Å². The van der Waals surface area contributed by atoms with Crippen LogP contribution in [0.2, 0.25) is 0 Å². The number of carbonyl (C=O) groups is 2. The van der Waals surface area contributed by atoms with Crippen LogP contribution in [0.5, 0.6) is 5.75 Å². The van der Waals surface area contributed by atoms with Crippen LogP contribution in [0.1, 0.15) is 39.2 Å². The Morgan fingerprint density at radius 3 is 2.25 bits per heavy atom. The standard InChI is InChI=1S/C31H42O13/c1-16(2)21(34)11-5-17(3)13-14-40-30-27(39)29(44-31-26(38)25(37)24(36)18(4)41-31)28(22(15-32)42-30)43-23(35)12-8-19-6-9-20(33)10-7-19/h6-10,12-13,18,22,24-33,36-39H,1,5,11,14-15H2,2-4H3/b12-8+,17-13-/t18-,22+,24-,25+,26+,27+,28+,29+,30+,31-/m0/s1. The van der Waals surface area contributed by atoms with Crippen LogP contribution in [0.25, 0.3) is 6.08 Å². The van der Waals surface area contributed by atoms with E-state index in [4.69, 9.17) is 23.7 Å². The van der Waals surface area contributed by atoms with Crippen molar-refractivity contribution < 1.29 is 63.9 Å². The van der Waals surface area contributed by atoms with E-state index in [1.807, 2.05) is 0 Å². The Hall–Kier alpha value is -2.98. The molecule has 2 aliphatic heterocycles. The minimum absolute atomic E-state index is 0.0447. The molecule has 3 rings (SSSR count). The Bertz CT molecular complexity index is 1180. The first kappa shape index (κ1) is 35.5. The lowest BCUT2D eigenvalue weighted by molar-refractivity contribution is -0.356. The molecule has 6 N–H and O–H groups in total. The van der Waals surface area contributed by atoms with E-state index in [1.165, 1.54) is 25.1 Å². The van der Waals surface area contributed by atoms with Gasteiger partial charge in [-0.05, 0) is 56.5 Å². The van der Waals surface area contributed by atoms with Crippen LogP contribution in [0.4, 0.5) is 0 Å². The highest BCUT2D eigenvalue weighted by Gasteiger charge is 2.52. The van der Waals surface area contributed by atoms with Crippen molar-refractivity contribution in [1.29, 1.82) is 0 Å². The molecule has 2 aliphatic rings. The summed E-state index contributed by atoms with van der Waals surface area (Å²) in [5.74, 6) is -0.904. The molecule has 0 bridgehead atoms. The van der Waals surface area contributed by atoms with Crippen molar-refractivity contribution in [2.75, 3.05) is 13.2 Å². The third-order valence-electron chi connectivity index (χ3n) is 7.37. The molecule has 244 valence electrons. The molecule has 2 heterocycles. The molecule has 0 saturated carbocycles. The average molecular weight is 623 g/mol. The van der Waals surface area contributed by atoms with Gasteiger partial charge in [-0.3, -0.25) is 4.79 Å². The fraction of sp³-hybridized carbons (Fsp3) is 0.548. The highest BCUT2D eigenvalue weighted by atomic mass is 16.7. The van der Waals surface area contributed by atoms with Crippen molar-refractivity contribution in [2.45, 2.75) is 95.0 Å². The quantitative estimate of drug-likeness (QED) is 0.101. The first-order valence-corrected chi connectivity index (χ1v) is 14.3. The topological polar surface area (TPSA) is 202 Å². The van der Waals surface area contributed by atoms with Gasteiger partial charge in [-0.25, -0.2) is 4.79 Å². The number of ketones is 1. The molecule has 13 heteroatoms. The molecular formula is C31H42O13. The summed E-state index contributed by atoms with van der Waals surface area (Å²) in [4.78, 5) is 24.6. The second-order valence-corrected chi connectivity index (χ2v) is 10.9. The number of aliphatic hydroxyl groups excluding tert-OH is 5. The van der Waals surface area contributed by atoms with Crippen molar-refractivity contribution in [3.8, 4) is 5.75 Å². The number of phenolic OH excluding ortho intramolecular Hbond substituents is 1. The Morgan fingerprint density at radius 2 is 1.61 bits per heavy atom. The summed E-state index contributed by atoms with van der Waals surface area (Å²) in [6, 6.07) is 5.99. The first-order chi connectivity index (χ1) is 20.8. The van der Waals surface area contributed by atoms with E-state index in [-0.39, 0.29) is 24.6 Å². The van der Waals surface area contributed by atoms with Crippen LogP contribution in [0, 0.1) is 0 Å². The van der Waals surface area contributed by atoms with Crippen LogP contribution in [-0.2, 0) is 33.3 Å². The third-order valence-corrected chi connectivity index (χ3v) is 7.37. The summed E-state index contributed by atoms with van der Waals surface area (Å²) in [5, 5.41) is 61.7. The first-order valence-electron chi connectivity index (χ1n) is 14.3. The lowest BCUT2D eigenvalue weighted by atomic mass is 9.97. The van der Waals surface area contributed by atoms with Gasteiger partial charge in [-0.1, -0.05) is 30.4 Å². The predicted molar refractivity (Wildman–Crippen MR) is 155 cm³/mol. The summed E-state index contributed by atoms with van der Waals surface area (Å²) >= 11 is 0. The number of hydrogen-bond donors (Lipinski definition) is 6. The van der Waals surface area contributed by atoms with Crippen molar-refractivity contribution in [2.24, 2.45) is 0 Å². The number of rotatable bonds is 13. The highest BCUT2D eigenvalue weighted by molar-refractivity contribution is 5.94. The Morgan fingerprint density at radius 1 is 0.932 bits per heavy atom. The van der Waals surface area contributed by atoms with Gasteiger partial charge in [-0.2, -0.15) is 0 Å². The number of allylic oxidation sites excluding steroid dienone is 2. The van der Waals surface area contributed by atoms with E-state index in [0.29, 0.717) is 17.6 Å². The predicted octanol–water partition coefficient (Wildman–Crippen LogP) is 0.496. The normalized spacial score (nSPS) is 32.9. The van der Waals surface area contributed by atoms with Gasteiger partial charge in [0.2, 0.25) is 0 Å². The fourth-order valence-corrected chi connectivity index (χ4v) is 4.59. The number of ether oxygens (including phenoxy) is 5. The van der Waals surface area contributed by atoms with Crippen molar-refractivity contribution in [3.05, 3.63) is 59.7 Å². The third kappa shape index (κ3) is 9.51. The van der Waals surface area contributed by atoms with Gasteiger partial charge >= 0.3 is 5.97 Å². The Balaban J connectivity index is 1.78. The maximum Gasteiger partial charge on any atom is 0.331 e. The van der Waals surface area contributed by atoms with E-state index in [0.717, 1.165) is 11.6 Å². The summed E-state index contributed by atoms with van der Waals surface area (Å²) in [5.41, 5.74) is 1.87. The fourth-order valence-electron chi connectivity index (χ4n) is 4.59. The van der Waals surface area contributed by atoms with E-state index >= 15 is 0 Å². The van der Waals surface area contributed by atoms with Crippen LogP contribution in [0.3, 0.4) is 0 Å². The van der Waals surface area contributed by atoms with Gasteiger partial charge in [0.05, 0.1) is 19.3 Å². The summed E-state index contributed by atoms with van der Waals surface area (Å²) in [7, 11) is 0. The minimum atomic E-state index is -1.73. The summed E-state index contributed by atoms with van der Waals surface area (Å²) < 4.78 is 28.4. The SMILES string of the molecule is C=C(C)C(=O)CC/C(C)=C\CO[C@@H]1O[C@H](CO)[C@@H](OC(=O)/C=C/c2ccc(O)cc2)[C@H](O[C@@H]2O[C@@H](C)[C@H](O)[C@@H](O)[C@H]2O)[C@H]1O. The summed E-state index contributed by atoms with van der Waals surface area (Å²) in [6.45, 7) is 7.79. The van der Waals surface area contributed by atoms with Gasteiger partial charge in [0.1, 0.15) is 42.4 Å². The minimum Gasteiger partial charge on any atom is -0.508 e. The Labute approximate surface area is 255 Å². The molecule has 0 spiro atoms. The molecule has 0 aliphatic carbocycles. The number of benzene rings is 1. The van der Waals surface area contributed by atoms with Crippen molar-refractivity contribution in [3.63, 3.8) is 0 Å². The number of Topliss-reactive ketones (excluding diaryl/α,β-unsaturated/α-hetero) is 1. The zero-order valence-corrected chi connectivity index (χ0v) is 24.9. The van der Waals surface area contributed by atoms with Crippen molar-refractivity contribution >= 4 is 17.8 Å². The van der Waals surface area contributed by atoms with Gasteiger partial charge in [-0.15, -0.1) is 0 Å². The van der Waals surface area contributed by atoms with Crippen LogP contribution in [0.15, 0.2) is 54.1 Å². The van der Waals surface area contributed by atoms with Gasteiger partial charge in [0, 0.05) is 12.5 Å². The molecular weight excluding hydrogens is 580 g/mol. The lowest BCUT2D eigenvalue weighted by Crippen LogP contribution is -2.65. The summed E-state index contributed by atoms with van der Waals surface area (Å²) in [6.07, 6.45) is -9.60. The second kappa shape index (κ2) is 16.4. The molecule has 2 saturated heterocycles. The van der Waals surface area contributed by atoms with Gasteiger partial charge in [0.25, 0.3) is 0 Å². The van der Waals surface area contributed by atoms with E-state index in [1.54, 1.807) is 32.1 Å². The largest absolute Gasteiger partial charge is 0.508 e. The molecule has 10 atom stereocenters.